The molecule has 0 aliphatic heterocycles. The minimum atomic E-state index is 0.149. The first kappa shape index (κ1) is 11.1. The molecule has 0 unspecified atom stereocenters. The fraction of sp³-hybridized carbons (Fsp3) is 0.182. The minimum Gasteiger partial charge on any atom is -0.497 e. The molecule has 0 aliphatic rings. The summed E-state index contributed by atoms with van der Waals surface area (Å²) in [7, 11) is 1.61. The average molecular weight is 232 g/mol. The van der Waals surface area contributed by atoms with Crippen LogP contribution in [0.2, 0.25) is 0 Å². The lowest BCUT2D eigenvalue weighted by atomic mass is 10.2. The number of aromatic nitrogens is 2. The van der Waals surface area contributed by atoms with Crippen molar-refractivity contribution in [2.24, 2.45) is 10.7 Å². The van der Waals surface area contributed by atoms with Crippen molar-refractivity contribution >= 4 is 11.9 Å². The highest BCUT2D eigenvalue weighted by molar-refractivity contribution is 5.79. The monoisotopic (exact) mass is 232 g/mol. The number of hydrogen-bond donors (Lipinski definition) is 1. The molecule has 1 aromatic heterocycles. The third kappa shape index (κ3) is 2.60. The van der Waals surface area contributed by atoms with Crippen LogP contribution in [0.5, 0.6) is 5.75 Å². The third-order valence-electron chi connectivity index (χ3n) is 2.02. The number of ether oxygens (including phenoxy) is 1. The van der Waals surface area contributed by atoms with Crippen molar-refractivity contribution < 1.29 is 9.15 Å². The van der Waals surface area contributed by atoms with E-state index in [2.05, 4.69) is 15.2 Å². The molecule has 1 aromatic carbocycles. The lowest BCUT2D eigenvalue weighted by Crippen LogP contribution is -2.03. The van der Waals surface area contributed by atoms with E-state index in [1.807, 2.05) is 24.3 Å². The molecule has 0 saturated heterocycles. The largest absolute Gasteiger partial charge is 0.497 e. The lowest BCUT2D eigenvalue weighted by molar-refractivity contribution is 0.415. The number of nitrogens with two attached hydrogens (primary N) is 1. The van der Waals surface area contributed by atoms with E-state index in [9.17, 15) is 0 Å². The second-order valence-electron chi connectivity index (χ2n) is 3.37. The summed E-state index contributed by atoms with van der Waals surface area (Å²) in [6.07, 6.45) is 0. The van der Waals surface area contributed by atoms with E-state index in [4.69, 9.17) is 14.9 Å². The maximum absolute atomic E-state index is 5.42. The fourth-order valence-corrected chi connectivity index (χ4v) is 1.26. The van der Waals surface area contributed by atoms with Crippen molar-refractivity contribution in [3.8, 4) is 17.2 Å². The van der Waals surface area contributed by atoms with Crippen LogP contribution < -0.4 is 10.5 Å². The van der Waals surface area contributed by atoms with Crippen LogP contribution in [0, 0.1) is 0 Å². The SMILES string of the molecule is COc1ccc(-c2nnc(/N=C(/C)N)o2)cc1. The Morgan fingerprint density at radius 2 is 2.00 bits per heavy atom. The summed E-state index contributed by atoms with van der Waals surface area (Å²) in [5.41, 5.74) is 6.22. The Balaban J connectivity index is 2.27. The van der Waals surface area contributed by atoms with E-state index in [1.54, 1.807) is 14.0 Å². The van der Waals surface area contributed by atoms with Crippen LogP contribution in [0.1, 0.15) is 6.92 Å². The van der Waals surface area contributed by atoms with Crippen LogP contribution in [-0.2, 0) is 0 Å². The molecule has 2 N–H and O–H groups in total. The first-order valence-electron chi connectivity index (χ1n) is 4.98. The van der Waals surface area contributed by atoms with Gasteiger partial charge in [-0.15, -0.1) is 5.10 Å². The quantitative estimate of drug-likeness (QED) is 0.643. The van der Waals surface area contributed by atoms with Gasteiger partial charge in [-0.2, -0.15) is 4.99 Å². The summed E-state index contributed by atoms with van der Waals surface area (Å²) in [5.74, 6) is 1.53. The summed E-state index contributed by atoms with van der Waals surface area (Å²) < 4.78 is 10.4. The Morgan fingerprint density at radius 1 is 1.29 bits per heavy atom. The molecule has 0 radical (unpaired) electrons. The van der Waals surface area contributed by atoms with E-state index in [0.29, 0.717) is 11.7 Å². The van der Waals surface area contributed by atoms with Crippen molar-refractivity contribution in [3.63, 3.8) is 0 Å². The molecule has 0 aliphatic carbocycles. The second kappa shape index (κ2) is 4.65. The average Bonchev–Trinajstić information content (AvgIpc) is 2.77. The molecule has 2 rings (SSSR count). The van der Waals surface area contributed by atoms with Gasteiger partial charge >= 0.3 is 6.01 Å². The Hall–Kier alpha value is -2.37. The van der Waals surface area contributed by atoms with Crippen LogP contribution >= 0.6 is 0 Å². The van der Waals surface area contributed by atoms with Crippen LogP contribution in [0.25, 0.3) is 11.5 Å². The maximum atomic E-state index is 5.42. The van der Waals surface area contributed by atoms with Gasteiger partial charge in [0.2, 0.25) is 5.89 Å². The van der Waals surface area contributed by atoms with E-state index < -0.39 is 0 Å². The zero-order chi connectivity index (χ0) is 12.3. The number of nitrogens with zero attached hydrogens (tertiary/aromatic N) is 3. The Bertz CT molecular complexity index is 527. The van der Waals surface area contributed by atoms with Gasteiger partial charge in [0.1, 0.15) is 11.6 Å². The van der Waals surface area contributed by atoms with Gasteiger partial charge in [-0.1, -0.05) is 5.10 Å². The molecule has 88 valence electrons. The highest BCUT2D eigenvalue weighted by Gasteiger charge is 2.07. The van der Waals surface area contributed by atoms with Gasteiger partial charge < -0.3 is 14.9 Å². The molecular weight excluding hydrogens is 220 g/mol. The van der Waals surface area contributed by atoms with Crippen LogP contribution in [0.4, 0.5) is 6.01 Å². The number of hydrogen-bond acceptors (Lipinski definition) is 5. The highest BCUT2D eigenvalue weighted by Crippen LogP contribution is 2.23. The molecule has 0 amide bonds. The standard InChI is InChI=1S/C11H12N4O2/c1-7(12)13-11-15-14-10(17-11)8-3-5-9(16-2)6-4-8/h3-6H,1-2H3,(H2,12,13,15). The smallest absolute Gasteiger partial charge is 0.344 e. The molecule has 0 atom stereocenters. The van der Waals surface area contributed by atoms with Gasteiger partial charge in [-0.25, -0.2) is 0 Å². The lowest BCUT2D eigenvalue weighted by Gasteiger charge is -1.98. The molecule has 6 heteroatoms. The predicted octanol–water partition coefficient (Wildman–Crippen LogP) is 1.75. The molecule has 0 spiro atoms. The number of aliphatic imine (C=N–C) groups is 1. The van der Waals surface area contributed by atoms with Crippen molar-refractivity contribution in [2.45, 2.75) is 6.92 Å². The summed E-state index contributed by atoms with van der Waals surface area (Å²) in [6.45, 7) is 1.65. The normalized spacial score (nSPS) is 11.5. The molecule has 6 nitrogen and oxygen atoms in total. The zero-order valence-corrected chi connectivity index (χ0v) is 9.54. The van der Waals surface area contributed by atoms with Crippen LogP contribution in [0.15, 0.2) is 33.7 Å². The van der Waals surface area contributed by atoms with E-state index in [1.165, 1.54) is 0 Å². The van der Waals surface area contributed by atoms with Crippen LogP contribution in [0.3, 0.4) is 0 Å². The summed E-state index contributed by atoms with van der Waals surface area (Å²) in [4.78, 5) is 3.87. The highest BCUT2D eigenvalue weighted by atomic mass is 16.5. The van der Waals surface area contributed by atoms with Crippen molar-refractivity contribution in [1.82, 2.24) is 10.2 Å². The first-order chi connectivity index (χ1) is 8.19. The van der Waals surface area contributed by atoms with Gasteiger partial charge in [0, 0.05) is 5.56 Å². The molecule has 0 bridgehead atoms. The topological polar surface area (TPSA) is 86.5 Å². The number of amidine groups is 1. The van der Waals surface area contributed by atoms with Crippen molar-refractivity contribution in [1.29, 1.82) is 0 Å². The second-order valence-corrected chi connectivity index (χ2v) is 3.37. The number of rotatable bonds is 3. The summed E-state index contributed by atoms with van der Waals surface area (Å²) in [5, 5.41) is 7.63. The zero-order valence-electron chi connectivity index (χ0n) is 9.54. The molecule has 1 heterocycles. The van der Waals surface area contributed by atoms with E-state index in [-0.39, 0.29) is 6.01 Å². The van der Waals surface area contributed by atoms with Gasteiger partial charge in [-0.3, -0.25) is 0 Å². The number of methoxy groups -OCH3 is 1. The predicted molar refractivity (Wildman–Crippen MR) is 63.2 cm³/mol. The molecule has 0 saturated carbocycles. The first-order valence-corrected chi connectivity index (χ1v) is 4.98. The van der Waals surface area contributed by atoms with Gasteiger partial charge in [0.05, 0.1) is 7.11 Å². The summed E-state index contributed by atoms with van der Waals surface area (Å²) >= 11 is 0. The summed E-state index contributed by atoms with van der Waals surface area (Å²) in [6, 6.07) is 7.44. The van der Waals surface area contributed by atoms with Crippen molar-refractivity contribution in [3.05, 3.63) is 24.3 Å². The third-order valence-corrected chi connectivity index (χ3v) is 2.02. The molecule has 0 fully saturated rings. The van der Waals surface area contributed by atoms with Crippen molar-refractivity contribution in [2.75, 3.05) is 7.11 Å². The van der Waals surface area contributed by atoms with Gasteiger partial charge in [-0.05, 0) is 31.2 Å². The van der Waals surface area contributed by atoms with E-state index in [0.717, 1.165) is 11.3 Å². The Morgan fingerprint density at radius 3 is 2.59 bits per heavy atom. The van der Waals surface area contributed by atoms with Gasteiger partial charge in [0.15, 0.2) is 0 Å². The van der Waals surface area contributed by atoms with Gasteiger partial charge in [0.25, 0.3) is 0 Å². The minimum absolute atomic E-state index is 0.149. The van der Waals surface area contributed by atoms with E-state index >= 15 is 0 Å². The number of benzene rings is 1. The maximum Gasteiger partial charge on any atom is 0.344 e. The fourth-order valence-electron chi connectivity index (χ4n) is 1.26. The molecule has 17 heavy (non-hydrogen) atoms. The van der Waals surface area contributed by atoms with Crippen LogP contribution in [-0.4, -0.2) is 23.1 Å². The molecular formula is C11H12N4O2. The molecule has 2 aromatic rings. The Kier molecular flexibility index (Phi) is 3.04. The Labute approximate surface area is 98.1 Å².